The zero-order chi connectivity index (χ0) is 15.9. The van der Waals surface area contributed by atoms with E-state index in [0.29, 0.717) is 15.6 Å². The van der Waals surface area contributed by atoms with Crippen molar-refractivity contribution in [3.63, 3.8) is 0 Å². The quantitative estimate of drug-likeness (QED) is 0.784. The Kier molecular flexibility index (Phi) is 3.94. The number of carbonyl (C=O) groups is 2. The lowest BCUT2D eigenvalue weighted by atomic mass is 9.93. The van der Waals surface area contributed by atoms with E-state index in [2.05, 4.69) is 0 Å². The van der Waals surface area contributed by atoms with Crippen molar-refractivity contribution >= 4 is 40.6 Å². The number of hydrogen-bond donors (Lipinski definition) is 0. The summed E-state index contributed by atoms with van der Waals surface area (Å²) in [4.78, 5) is 26.4. The standard InChI is InChI=1S/C17H13Cl2NO2/c1-20-15-7-6-12(19)8-13(15)14(17(20)22)9-16(21)10-2-4-11(18)5-3-10/h2-8,14H,9H2,1H3. The third kappa shape index (κ3) is 2.62. The van der Waals surface area contributed by atoms with Crippen LogP contribution in [0.5, 0.6) is 0 Å². The van der Waals surface area contributed by atoms with Crippen LogP contribution in [-0.4, -0.2) is 18.7 Å². The summed E-state index contributed by atoms with van der Waals surface area (Å²) in [5, 5.41) is 1.14. The van der Waals surface area contributed by atoms with Gasteiger partial charge in [-0.25, -0.2) is 0 Å². The van der Waals surface area contributed by atoms with Crippen molar-refractivity contribution in [2.45, 2.75) is 12.3 Å². The number of halogens is 2. The summed E-state index contributed by atoms with van der Waals surface area (Å²) < 4.78 is 0. The highest BCUT2D eigenvalue weighted by atomic mass is 35.5. The van der Waals surface area contributed by atoms with Crippen molar-refractivity contribution in [3.8, 4) is 0 Å². The number of fused-ring (bicyclic) bond motifs is 1. The van der Waals surface area contributed by atoms with Gasteiger partial charge in [0, 0.05) is 34.8 Å². The molecule has 0 saturated heterocycles. The van der Waals surface area contributed by atoms with Gasteiger partial charge >= 0.3 is 0 Å². The van der Waals surface area contributed by atoms with Crippen LogP contribution < -0.4 is 4.90 Å². The number of nitrogens with zero attached hydrogens (tertiary/aromatic N) is 1. The molecule has 1 amide bonds. The molecule has 0 radical (unpaired) electrons. The molecule has 22 heavy (non-hydrogen) atoms. The fourth-order valence-electron chi connectivity index (χ4n) is 2.73. The predicted octanol–water partition coefficient (Wildman–Crippen LogP) is 4.33. The maximum absolute atomic E-state index is 12.4. The average molecular weight is 334 g/mol. The minimum absolute atomic E-state index is 0.0837. The first-order valence-electron chi connectivity index (χ1n) is 6.83. The highest BCUT2D eigenvalue weighted by Gasteiger charge is 2.36. The first-order chi connectivity index (χ1) is 10.5. The minimum Gasteiger partial charge on any atom is -0.315 e. The first kappa shape index (κ1) is 15.1. The van der Waals surface area contributed by atoms with E-state index in [1.807, 2.05) is 6.07 Å². The highest BCUT2D eigenvalue weighted by Crippen LogP contribution is 2.40. The fourth-order valence-corrected chi connectivity index (χ4v) is 3.04. The molecule has 2 aromatic rings. The Morgan fingerprint density at radius 3 is 2.41 bits per heavy atom. The number of rotatable bonds is 3. The van der Waals surface area contributed by atoms with E-state index in [4.69, 9.17) is 23.2 Å². The van der Waals surface area contributed by atoms with Gasteiger partial charge in [0.25, 0.3) is 0 Å². The monoisotopic (exact) mass is 333 g/mol. The van der Waals surface area contributed by atoms with Crippen molar-refractivity contribution in [1.29, 1.82) is 0 Å². The predicted molar refractivity (Wildman–Crippen MR) is 88.0 cm³/mol. The molecule has 0 N–H and O–H groups in total. The van der Waals surface area contributed by atoms with Crippen LogP contribution in [-0.2, 0) is 4.79 Å². The molecule has 0 fully saturated rings. The van der Waals surface area contributed by atoms with E-state index in [1.54, 1.807) is 48.3 Å². The molecule has 0 aromatic heterocycles. The molecule has 3 nitrogen and oxygen atoms in total. The number of hydrogen-bond acceptors (Lipinski definition) is 2. The molecule has 112 valence electrons. The number of likely N-dealkylation sites (N-methyl/N-ethyl adjacent to an activating group) is 1. The van der Waals surface area contributed by atoms with Gasteiger partial charge in [-0.2, -0.15) is 0 Å². The van der Waals surface area contributed by atoms with Crippen LogP contribution in [0.15, 0.2) is 42.5 Å². The third-order valence-electron chi connectivity index (χ3n) is 3.91. The molecule has 2 aromatic carbocycles. The zero-order valence-corrected chi connectivity index (χ0v) is 13.4. The molecule has 0 bridgehead atoms. The number of amides is 1. The second-order valence-electron chi connectivity index (χ2n) is 5.29. The molecular weight excluding hydrogens is 321 g/mol. The Morgan fingerprint density at radius 2 is 1.73 bits per heavy atom. The van der Waals surface area contributed by atoms with Crippen LogP contribution in [0.4, 0.5) is 5.69 Å². The van der Waals surface area contributed by atoms with Crippen molar-refractivity contribution < 1.29 is 9.59 Å². The summed E-state index contributed by atoms with van der Waals surface area (Å²) in [5.41, 5.74) is 2.17. The van der Waals surface area contributed by atoms with Gasteiger partial charge in [-0.3, -0.25) is 9.59 Å². The van der Waals surface area contributed by atoms with Crippen LogP contribution in [0.2, 0.25) is 10.0 Å². The summed E-state index contributed by atoms with van der Waals surface area (Å²) in [7, 11) is 1.71. The molecule has 1 aliphatic rings. The SMILES string of the molecule is CN1C(=O)C(CC(=O)c2ccc(Cl)cc2)c2cc(Cl)ccc21. The lowest BCUT2D eigenvalue weighted by Crippen LogP contribution is -2.25. The Hall–Kier alpha value is -1.84. The molecule has 1 heterocycles. The maximum atomic E-state index is 12.4. The van der Waals surface area contributed by atoms with Crippen LogP contribution in [0, 0.1) is 0 Å². The van der Waals surface area contributed by atoms with Crippen LogP contribution in [0.1, 0.15) is 28.3 Å². The third-order valence-corrected chi connectivity index (χ3v) is 4.40. The largest absolute Gasteiger partial charge is 0.315 e. The lowest BCUT2D eigenvalue weighted by molar-refractivity contribution is -0.119. The summed E-state index contributed by atoms with van der Waals surface area (Å²) in [6.45, 7) is 0. The second kappa shape index (κ2) is 5.75. The number of carbonyl (C=O) groups excluding carboxylic acids is 2. The van der Waals surface area contributed by atoms with E-state index in [-0.39, 0.29) is 18.1 Å². The van der Waals surface area contributed by atoms with Crippen LogP contribution in [0.25, 0.3) is 0 Å². The Labute approximate surface area is 138 Å². The summed E-state index contributed by atoms with van der Waals surface area (Å²) in [6.07, 6.45) is 0.123. The van der Waals surface area contributed by atoms with Gasteiger partial charge in [0.1, 0.15) is 0 Å². The molecule has 1 aliphatic heterocycles. The molecule has 3 rings (SSSR count). The number of Topliss-reactive ketones (excluding diaryl/α,β-unsaturated/α-hetero) is 1. The number of benzene rings is 2. The fraction of sp³-hybridized carbons (Fsp3) is 0.176. The van der Waals surface area contributed by atoms with Gasteiger partial charge in [-0.1, -0.05) is 23.2 Å². The van der Waals surface area contributed by atoms with Crippen molar-refractivity contribution in [2.24, 2.45) is 0 Å². The normalized spacial score (nSPS) is 16.8. The second-order valence-corrected chi connectivity index (χ2v) is 6.16. The minimum atomic E-state index is -0.484. The maximum Gasteiger partial charge on any atom is 0.234 e. The zero-order valence-electron chi connectivity index (χ0n) is 11.8. The first-order valence-corrected chi connectivity index (χ1v) is 7.59. The van der Waals surface area contributed by atoms with Gasteiger partial charge in [-0.05, 0) is 48.0 Å². The lowest BCUT2D eigenvalue weighted by Gasteiger charge is -2.10. The van der Waals surface area contributed by atoms with E-state index < -0.39 is 5.92 Å². The average Bonchev–Trinajstić information content (AvgIpc) is 2.72. The van der Waals surface area contributed by atoms with E-state index >= 15 is 0 Å². The Morgan fingerprint density at radius 1 is 1.09 bits per heavy atom. The summed E-state index contributed by atoms with van der Waals surface area (Å²) in [5.74, 6) is -0.655. The molecule has 5 heteroatoms. The van der Waals surface area contributed by atoms with E-state index in [0.717, 1.165) is 11.3 Å². The van der Waals surface area contributed by atoms with Gasteiger partial charge in [0.2, 0.25) is 5.91 Å². The smallest absolute Gasteiger partial charge is 0.234 e. The summed E-state index contributed by atoms with van der Waals surface area (Å²) >= 11 is 11.9. The van der Waals surface area contributed by atoms with Crippen LogP contribution >= 0.6 is 23.2 Å². The molecule has 1 atom stereocenters. The van der Waals surface area contributed by atoms with E-state index in [1.165, 1.54) is 0 Å². The Balaban J connectivity index is 1.89. The highest BCUT2D eigenvalue weighted by molar-refractivity contribution is 6.31. The number of ketones is 1. The van der Waals surface area contributed by atoms with Gasteiger partial charge in [0.15, 0.2) is 5.78 Å². The van der Waals surface area contributed by atoms with Crippen molar-refractivity contribution in [3.05, 3.63) is 63.6 Å². The van der Waals surface area contributed by atoms with Crippen molar-refractivity contribution in [1.82, 2.24) is 0 Å². The summed E-state index contributed by atoms with van der Waals surface area (Å²) in [6, 6.07) is 12.0. The van der Waals surface area contributed by atoms with Crippen LogP contribution in [0.3, 0.4) is 0 Å². The van der Waals surface area contributed by atoms with Gasteiger partial charge < -0.3 is 4.90 Å². The molecule has 0 spiro atoms. The number of anilines is 1. The topological polar surface area (TPSA) is 37.4 Å². The van der Waals surface area contributed by atoms with Crippen molar-refractivity contribution in [2.75, 3.05) is 11.9 Å². The molecule has 0 aliphatic carbocycles. The van der Waals surface area contributed by atoms with Gasteiger partial charge in [-0.15, -0.1) is 0 Å². The molecular formula is C17H13Cl2NO2. The molecule has 1 unspecified atom stereocenters. The molecule has 0 saturated carbocycles. The van der Waals surface area contributed by atoms with E-state index in [9.17, 15) is 9.59 Å². The Bertz CT molecular complexity index is 756. The van der Waals surface area contributed by atoms with Gasteiger partial charge in [0.05, 0.1) is 5.92 Å².